The second-order valence-electron chi connectivity index (χ2n) is 11.4. The molecule has 0 unspecified atom stereocenters. The van der Waals surface area contributed by atoms with Gasteiger partial charge in [-0.1, -0.05) is 25.1 Å². The van der Waals surface area contributed by atoms with Crippen LogP contribution in [0.25, 0.3) is 0 Å². The molecule has 0 spiro atoms. The zero-order chi connectivity index (χ0) is 23.7. The van der Waals surface area contributed by atoms with E-state index in [2.05, 4.69) is 12.2 Å². The fraction of sp³-hybridized carbons (Fsp3) is 0.679. The fourth-order valence-electron chi connectivity index (χ4n) is 7.73. The van der Waals surface area contributed by atoms with Crippen LogP contribution in [-0.2, 0) is 9.59 Å². The third kappa shape index (κ3) is 4.60. The molecule has 6 rings (SSSR count). The predicted molar refractivity (Wildman–Crippen MR) is 131 cm³/mol. The first-order valence-corrected chi connectivity index (χ1v) is 13.4. The average Bonchev–Trinajstić information content (AvgIpc) is 2.85. The van der Waals surface area contributed by atoms with Crippen LogP contribution < -0.4 is 5.32 Å². The van der Waals surface area contributed by atoms with E-state index in [9.17, 15) is 14.4 Å². The van der Waals surface area contributed by atoms with Gasteiger partial charge in [-0.3, -0.25) is 14.4 Å². The molecule has 6 heteroatoms. The Kier molecular flexibility index (Phi) is 6.67. The van der Waals surface area contributed by atoms with E-state index in [0.29, 0.717) is 37.4 Å². The predicted octanol–water partition coefficient (Wildman–Crippen LogP) is 3.86. The highest BCUT2D eigenvalue weighted by Crippen LogP contribution is 2.60. The standard InChI is InChI=1S/C28H39N3O3/c1-2-10-31(24-8-11-30(12-9-24)26(33)23-6-4-3-5-7-23)25(32)19-29-27(34)28-16-20-13-21(17-28)15-22(14-20)18-28/h3-7,20-22,24H,2,8-19H2,1H3,(H,29,34). The van der Waals surface area contributed by atoms with Crippen molar-refractivity contribution in [3.05, 3.63) is 35.9 Å². The summed E-state index contributed by atoms with van der Waals surface area (Å²) in [5, 5.41) is 3.07. The first kappa shape index (κ1) is 23.4. The summed E-state index contributed by atoms with van der Waals surface area (Å²) >= 11 is 0. The maximum Gasteiger partial charge on any atom is 0.253 e. The molecule has 6 nitrogen and oxygen atoms in total. The number of amides is 3. The summed E-state index contributed by atoms with van der Waals surface area (Å²) in [6.07, 6.45) is 9.44. The molecule has 1 aliphatic heterocycles. The van der Waals surface area contributed by atoms with Gasteiger partial charge in [-0.05, 0) is 87.7 Å². The molecule has 5 fully saturated rings. The van der Waals surface area contributed by atoms with Crippen molar-refractivity contribution in [2.24, 2.45) is 23.2 Å². The lowest BCUT2D eigenvalue weighted by molar-refractivity contribution is -0.148. The molecule has 3 amide bonds. The van der Waals surface area contributed by atoms with Crippen molar-refractivity contribution >= 4 is 17.7 Å². The Morgan fingerprint density at radius 3 is 2.12 bits per heavy atom. The molecule has 0 radical (unpaired) electrons. The number of hydrogen-bond donors (Lipinski definition) is 1. The molecular weight excluding hydrogens is 426 g/mol. The minimum atomic E-state index is -0.215. The van der Waals surface area contributed by atoms with Crippen molar-refractivity contribution in [2.45, 2.75) is 70.8 Å². The van der Waals surface area contributed by atoms with Gasteiger partial charge in [0.1, 0.15) is 0 Å². The van der Waals surface area contributed by atoms with Gasteiger partial charge >= 0.3 is 0 Å². The molecule has 1 saturated heterocycles. The van der Waals surface area contributed by atoms with Crippen LogP contribution in [-0.4, -0.2) is 59.7 Å². The maximum atomic E-state index is 13.3. The second-order valence-corrected chi connectivity index (χ2v) is 11.4. The second kappa shape index (κ2) is 9.71. The number of nitrogens with one attached hydrogen (secondary N) is 1. The van der Waals surface area contributed by atoms with Crippen molar-refractivity contribution in [1.29, 1.82) is 0 Å². The van der Waals surface area contributed by atoms with Crippen LogP contribution in [0.1, 0.15) is 75.1 Å². The number of piperidine rings is 1. The van der Waals surface area contributed by atoms with Crippen molar-refractivity contribution < 1.29 is 14.4 Å². The minimum absolute atomic E-state index is 0.0211. The molecule has 4 saturated carbocycles. The van der Waals surface area contributed by atoms with E-state index in [4.69, 9.17) is 0 Å². The Morgan fingerprint density at radius 2 is 1.56 bits per heavy atom. The Labute approximate surface area is 203 Å². The summed E-state index contributed by atoms with van der Waals surface area (Å²) in [4.78, 5) is 43.2. The quantitative estimate of drug-likeness (QED) is 0.665. The van der Waals surface area contributed by atoms with E-state index in [1.165, 1.54) is 19.3 Å². The van der Waals surface area contributed by atoms with Crippen molar-refractivity contribution in [2.75, 3.05) is 26.2 Å². The van der Waals surface area contributed by atoms with E-state index in [-0.39, 0.29) is 35.7 Å². The molecule has 5 aliphatic rings. The van der Waals surface area contributed by atoms with E-state index in [0.717, 1.165) is 44.1 Å². The third-order valence-electron chi connectivity index (χ3n) is 8.92. The van der Waals surface area contributed by atoms with Gasteiger partial charge in [-0.2, -0.15) is 0 Å². The average molecular weight is 466 g/mol. The van der Waals surface area contributed by atoms with E-state index in [1.807, 2.05) is 40.1 Å². The van der Waals surface area contributed by atoms with Gasteiger partial charge in [-0.25, -0.2) is 0 Å². The van der Waals surface area contributed by atoms with Crippen LogP contribution in [0.2, 0.25) is 0 Å². The van der Waals surface area contributed by atoms with Gasteiger partial charge in [0.2, 0.25) is 11.8 Å². The van der Waals surface area contributed by atoms with Crippen molar-refractivity contribution in [3.8, 4) is 0 Å². The molecule has 184 valence electrons. The van der Waals surface area contributed by atoms with Gasteiger partial charge in [0.05, 0.1) is 6.54 Å². The first-order valence-electron chi connectivity index (χ1n) is 13.4. The molecule has 1 N–H and O–H groups in total. The zero-order valence-corrected chi connectivity index (χ0v) is 20.5. The summed E-state index contributed by atoms with van der Waals surface area (Å²) < 4.78 is 0. The van der Waals surface area contributed by atoms with E-state index < -0.39 is 0 Å². The van der Waals surface area contributed by atoms with E-state index >= 15 is 0 Å². The summed E-state index contributed by atoms with van der Waals surface area (Å²) in [6, 6.07) is 9.53. The van der Waals surface area contributed by atoms with Crippen LogP contribution in [0.3, 0.4) is 0 Å². The van der Waals surface area contributed by atoms with Gasteiger partial charge < -0.3 is 15.1 Å². The lowest BCUT2D eigenvalue weighted by Gasteiger charge is -2.55. The number of carbonyl (C=O) groups excluding carboxylic acids is 3. The minimum Gasteiger partial charge on any atom is -0.347 e. The monoisotopic (exact) mass is 465 g/mol. The number of likely N-dealkylation sites (tertiary alicyclic amines) is 1. The number of rotatable bonds is 7. The number of hydrogen-bond acceptors (Lipinski definition) is 3. The largest absolute Gasteiger partial charge is 0.347 e. The van der Waals surface area contributed by atoms with Crippen molar-refractivity contribution in [1.82, 2.24) is 15.1 Å². The summed E-state index contributed by atoms with van der Waals surface area (Å²) in [6.45, 7) is 4.20. The van der Waals surface area contributed by atoms with Gasteiger partial charge in [0.15, 0.2) is 0 Å². The van der Waals surface area contributed by atoms with Crippen LogP contribution in [0.4, 0.5) is 0 Å². The smallest absolute Gasteiger partial charge is 0.253 e. The molecule has 1 heterocycles. The molecule has 0 atom stereocenters. The van der Waals surface area contributed by atoms with Gasteiger partial charge in [0, 0.05) is 36.7 Å². The van der Waals surface area contributed by atoms with Crippen LogP contribution >= 0.6 is 0 Å². The molecule has 1 aromatic rings. The Balaban J connectivity index is 1.15. The first-order chi connectivity index (χ1) is 16.5. The van der Waals surface area contributed by atoms with Gasteiger partial charge in [-0.15, -0.1) is 0 Å². The van der Waals surface area contributed by atoms with Crippen LogP contribution in [0.5, 0.6) is 0 Å². The highest BCUT2D eigenvalue weighted by atomic mass is 16.2. The highest BCUT2D eigenvalue weighted by molar-refractivity contribution is 5.94. The molecular formula is C28H39N3O3. The Bertz CT molecular complexity index is 871. The number of nitrogens with zero attached hydrogens (tertiary/aromatic N) is 2. The molecule has 34 heavy (non-hydrogen) atoms. The van der Waals surface area contributed by atoms with Crippen molar-refractivity contribution in [3.63, 3.8) is 0 Å². The lowest BCUT2D eigenvalue weighted by atomic mass is 9.49. The molecule has 1 aromatic carbocycles. The summed E-state index contributed by atoms with van der Waals surface area (Å²) in [7, 11) is 0. The van der Waals surface area contributed by atoms with Crippen LogP contribution in [0, 0.1) is 23.2 Å². The maximum absolute atomic E-state index is 13.3. The summed E-state index contributed by atoms with van der Waals surface area (Å²) in [5.41, 5.74) is 0.503. The Hall–Kier alpha value is -2.37. The SMILES string of the molecule is CCCN(C(=O)CNC(=O)C12CC3CC(CC(C3)C1)C2)C1CCN(C(=O)c2ccccc2)CC1. The van der Waals surface area contributed by atoms with Crippen LogP contribution in [0.15, 0.2) is 30.3 Å². The topological polar surface area (TPSA) is 69.7 Å². The molecule has 0 aromatic heterocycles. The highest BCUT2D eigenvalue weighted by Gasteiger charge is 2.54. The fourth-order valence-corrected chi connectivity index (χ4v) is 7.73. The lowest BCUT2D eigenvalue weighted by Crippen LogP contribution is -2.56. The molecule has 4 aliphatic carbocycles. The number of carbonyl (C=O) groups is 3. The molecule has 4 bridgehead atoms. The summed E-state index contributed by atoms with van der Waals surface area (Å²) in [5.74, 6) is 2.36. The Morgan fingerprint density at radius 1 is 0.971 bits per heavy atom. The number of benzene rings is 1. The van der Waals surface area contributed by atoms with E-state index in [1.54, 1.807) is 0 Å². The zero-order valence-electron chi connectivity index (χ0n) is 20.5. The third-order valence-corrected chi connectivity index (χ3v) is 8.92. The normalized spacial score (nSPS) is 30.3. The van der Waals surface area contributed by atoms with Gasteiger partial charge in [0.25, 0.3) is 5.91 Å².